The number of ketones is 2. The van der Waals surface area contributed by atoms with Crippen molar-refractivity contribution in [2.75, 3.05) is 6.61 Å². The Hall–Kier alpha value is -1.87. The molecule has 4 N–H and O–H groups in total. The maximum Gasteiger partial charge on any atom is 0.303 e. The number of hydrogen-bond donors (Lipinski definition) is 4. The minimum absolute atomic E-state index is 0.0150. The molecule has 3 fully saturated rings. The Bertz CT molecular complexity index is 1150. The molecule has 0 spiro atoms. The van der Waals surface area contributed by atoms with Crippen LogP contribution in [0.4, 0.5) is 0 Å². The quantitative estimate of drug-likeness (QED) is 0.220. The molecule has 9 atom stereocenters. The molecule has 0 aromatic heterocycles. The summed E-state index contributed by atoms with van der Waals surface area (Å²) in [6.45, 7) is 13.5. The Morgan fingerprint density at radius 2 is 1.73 bits per heavy atom. The van der Waals surface area contributed by atoms with Gasteiger partial charge >= 0.3 is 5.97 Å². The molecule has 8 nitrogen and oxygen atoms in total. The number of aliphatic hydroxyl groups is 4. The number of Topliss-reactive ketones (excluding diaryl/α,β-unsaturated/α-hetero) is 1. The fourth-order valence-electron chi connectivity index (χ4n) is 9.56. The molecular weight excluding hydrogens is 512 g/mol. The van der Waals surface area contributed by atoms with E-state index in [9.17, 15) is 34.8 Å². The summed E-state index contributed by atoms with van der Waals surface area (Å²) in [5, 5.41) is 45.1. The van der Waals surface area contributed by atoms with E-state index in [-0.39, 0.29) is 37.1 Å². The Kier molecular flexibility index (Phi) is 7.44. The SMILES string of the molecule is CC(=O)OC(C)(C)C=CC(=O)C(C)(O)C1C(O)CC2(C)C3CC=C4C(CCC(O)C4(C)C)C3(CO)C(=O)CC12C. The lowest BCUT2D eigenvalue weighted by Gasteiger charge is -2.65. The maximum atomic E-state index is 14.4. The minimum Gasteiger partial charge on any atom is -0.456 e. The minimum atomic E-state index is -2.00. The summed E-state index contributed by atoms with van der Waals surface area (Å²) in [6, 6.07) is 0. The van der Waals surface area contributed by atoms with Crippen LogP contribution >= 0.6 is 0 Å². The molecule has 224 valence electrons. The predicted molar refractivity (Wildman–Crippen MR) is 149 cm³/mol. The van der Waals surface area contributed by atoms with Gasteiger partial charge in [0.15, 0.2) is 5.78 Å². The number of carbonyl (C=O) groups is 3. The average Bonchev–Trinajstić information content (AvgIpc) is 3.03. The van der Waals surface area contributed by atoms with Gasteiger partial charge in [0.2, 0.25) is 0 Å². The van der Waals surface area contributed by atoms with Crippen molar-refractivity contribution in [3.05, 3.63) is 23.8 Å². The molecule has 3 saturated carbocycles. The van der Waals surface area contributed by atoms with Crippen molar-refractivity contribution < 1.29 is 39.5 Å². The van der Waals surface area contributed by atoms with Crippen molar-refractivity contribution in [2.45, 2.75) is 111 Å². The van der Waals surface area contributed by atoms with Crippen molar-refractivity contribution in [1.29, 1.82) is 0 Å². The Labute approximate surface area is 237 Å². The molecule has 0 heterocycles. The molecule has 0 aromatic rings. The van der Waals surface area contributed by atoms with Crippen molar-refractivity contribution in [1.82, 2.24) is 0 Å². The van der Waals surface area contributed by atoms with E-state index in [0.717, 1.165) is 5.57 Å². The van der Waals surface area contributed by atoms with Gasteiger partial charge in [-0.25, -0.2) is 0 Å². The number of fused-ring (bicyclic) bond motifs is 5. The first kappa shape index (κ1) is 31.1. The first-order valence-electron chi connectivity index (χ1n) is 14.6. The average molecular weight is 561 g/mol. The third kappa shape index (κ3) is 4.19. The molecule has 4 aliphatic carbocycles. The number of rotatable bonds is 6. The summed E-state index contributed by atoms with van der Waals surface area (Å²) in [6.07, 6.45) is 5.10. The lowest BCUT2D eigenvalue weighted by Crippen LogP contribution is -2.66. The van der Waals surface area contributed by atoms with Crippen molar-refractivity contribution in [3.63, 3.8) is 0 Å². The highest BCUT2D eigenvalue weighted by Crippen LogP contribution is 2.74. The summed E-state index contributed by atoms with van der Waals surface area (Å²) < 4.78 is 5.23. The van der Waals surface area contributed by atoms with Crippen LogP contribution < -0.4 is 0 Å². The van der Waals surface area contributed by atoms with E-state index in [4.69, 9.17) is 4.74 Å². The van der Waals surface area contributed by atoms with Gasteiger partial charge in [-0.1, -0.05) is 39.3 Å². The van der Waals surface area contributed by atoms with Crippen LogP contribution in [-0.2, 0) is 19.1 Å². The van der Waals surface area contributed by atoms with Crippen LogP contribution in [0.1, 0.15) is 87.5 Å². The Balaban J connectivity index is 1.76. The van der Waals surface area contributed by atoms with E-state index < -0.39 is 62.7 Å². The van der Waals surface area contributed by atoms with Crippen LogP contribution in [0.5, 0.6) is 0 Å². The molecule has 0 saturated heterocycles. The topological polar surface area (TPSA) is 141 Å². The van der Waals surface area contributed by atoms with E-state index >= 15 is 0 Å². The zero-order chi connectivity index (χ0) is 30.3. The van der Waals surface area contributed by atoms with Gasteiger partial charge in [0.1, 0.15) is 17.0 Å². The fraction of sp³-hybridized carbons (Fsp3) is 0.781. The summed E-state index contributed by atoms with van der Waals surface area (Å²) in [4.78, 5) is 39.3. The number of carbonyl (C=O) groups excluding carboxylic acids is 3. The van der Waals surface area contributed by atoms with E-state index in [1.54, 1.807) is 13.8 Å². The third-order valence-corrected chi connectivity index (χ3v) is 11.7. The van der Waals surface area contributed by atoms with Gasteiger partial charge in [-0.2, -0.15) is 0 Å². The third-order valence-electron chi connectivity index (χ3n) is 11.7. The van der Waals surface area contributed by atoms with Crippen molar-refractivity contribution >= 4 is 17.5 Å². The van der Waals surface area contributed by atoms with Crippen molar-refractivity contribution in [3.8, 4) is 0 Å². The van der Waals surface area contributed by atoms with Crippen LogP contribution in [0.3, 0.4) is 0 Å². The predicted octanol–water partition coefficient (Wildman–Crippen LogP) is 3.29. The number of esters is 1. The summed E-state index contributed by atoms with van der Waals surface area (Å²) in [5.41, 5.74) is -5.21. The first-order chi connectivity index (χ1) is 18.2. The molecule has 0 amide bonds. The fourth-order valence-corrected chi connectivity index (χ4v) is 9.56. The Morgan fingerprint density at radius 3 is 2.30 bits per heavy atom. The maximum absolute atomic E-state index is 14.4. The van der Waals surface area contributed by atoms with E-state index in [2.05, 4.69) is 6.08 Å². The zero-order valence-electron chi connectivity index (χ0n) is 25.3. The molecule has 0 bridgehead atoms. The molecule has 0 aromatic carbocycles. The second-order valence-electron chi connectivity index (χ2n) is 14.7. The second kappa shape index (κ2) is 9.58. The number of aliphatic hydroxyl groups excluding tert-OH is 3. The molecule has 4 aliphatic rings. The van der Waals surface area contributed by atoms with Gasteiger partial charge in [0.05, 0.1) is 24.2 Å². The van der Waals surface area contributed by atoms with Crippen LogP contribution in [0, 0.1) is 39.4 Å². The molecule has 40 heavy (non-hydrogen) atoms. The Morgan fingerprint density at radius 1 is 1.10 bits per heavy atom. The van der Waals surface area contributed by atoms with Crippen LogP contribution in [0.15, 0.2) is 23.8 Å². The molecular formula is C32H48O8. The standard InChI is InChI=1S/C32H48O8/c1-18(34)40-27(2,3)14-13-24(37)31(8,39)26-21(35)15-29(6)22-11-9-19-20(10-12-23(36)28(19,4)5)32(22,17-33)25(38)16-30(26,29)7/h9,13-14,20-23,26,33,35-36,39H,10-12,15-17H2,1-8H3. The van der Waals surface area contributed by atoms with Gasteiger partial charge < -0.3 is 25.2 Å². The first-order valence-corrected chi connectivity index (χ1v) is 14.6. The zero-order valence-corrected chi connectivity index (χ0v) is 25.3. The number of ether oxygens (including phenoxy) is 1. The number of hydrogen-bond acceptors (Lipinski definition) is 8. The highest BCUT2D eigenvalue weighted by atomic mass is 16.6. The van der Waals surface area contributed by atoms with Gasteiger partial charge in [-0.15, -0.1) is 0 Å². The highest BCUT2D eigenvalue weighted by molar-refractivity contribution is 5.97. The van der Waals surface area contributed by atoms with E-state index in [0.29, 0.717) is 19.3 Å². The smallest absolute Gasteiger partial charge is 0.303 e. The monoisotopic (exact) mass is 560 g/mol. The van der Waals surface area contributed by atoms with E-state index in [1.165, 1.54) is 26.0 Å². The van der Waals surface area contributed by atoms with Crippen LogP contribution in [0.2, 0.25) is 0 Å². The lowest BCUT2D eigenvalue weighted by atomic mass is 9.38. The van der Waals surface area contributed by atoms with Crippen LogP contribution in [-0.4, -0.2) is 68.0 Å². The summed E-state index contributed by atoms with van der Waals surface area (Å²) >= 11 is 0. The van der Waals surface area contributed by atoms with Gasteiger partial charge in [0.25, 0.3) is 0 Å². The van der Waals surface area contributed by atoms with Gasteiger partial charge in [-0.05, 0) is 81.3 Å². The second-order valence-corrected chi connectivity index (χ2v) is 14.7. The summed E-state index contributed by atoms with van der Waals surface area (Å²) in [5.74, 6) is -2.70. The molecule has 8 heteroatoms. The van der Waals surface area contributed by atoms with Gasteiger partial charge in [-0.3, -0.25) is 14.4 Å². The normalized spacial score (nSPS) is 42.4. The molecule has 4 rings (SSSR count). The van der Waals surface area contributed by atoms with Crippen molar-refractivity contribution in [2.24, 2.45) is 39.4 Å². The summed E-state index contributed by atoms with van der Waals surface area (Å²) in [7, 11) is 0. The molecule has 9 unspecified atom stereocenters. The van der Waals surface area contributed by atoms with Crippen LogP contribution in [0.25, 0.3) is 0 Å². The number of allylic oxidation sites excluding steroid dienone is 1. The highest BCUT2D eigenvalue weighted by Gasteiger charge is 2.75. The van der Waals surface area contributed by atoms with Gasteiger partial charge in [0, 0.05) is 24.7 Å². The molecule has 0 aliphatic heterocycles. The van der Waals surface area contributed by atoms with E-state index in [1.807, 2.05) is 27.7 Å². The molecule has 0 radical (unpaired) electrons. The largest absolute Gasteiger partial charge is 0.456 e. The lowest BCUT2D eigenvalue weighted by molar-refractivity contribution is -0.191.